The maximum absolute atomic E-state index is 9.41. The maximum Gasteiger partial charge on any atom is 0.104 e. The van der Waals surface area contributed by atoms with Gasteiger partial charge in [0, 0.05) is 288 Å². The van der Waals surface area contributed by atoms with Crippen LogP contribution in [-0.2, 0) is 326 Å². The molecule has 0 aromatic rings. The molecule has 0 saturated heterocycles. The summed E-state index contributed by atoms with van der Waals surface area (Å²) in [6.45, 7) is -4.64. The Labute approximate surface area is 610 Å². The quantitative estimate of drug-likeness (QED) is 0.0270. The van der Waals surface area contributed by atoms with Crippen molar-refractivity contribution in [1.29, 1.82) is 0 Å². The molecule has 0 heterocycles. The van der Waals surface area contributed by atoms with Crippen LogP contribution in [0.25, 0.3) is 0 Å². The van der Waals surface area contributed by atoms with Crippen molar-refractivity contribution < 1.29 is 392 Å². The summed E-state index contributed by atoms with van der Waals surface area (Å²) < 4.78 is 59.4. The second-order valence-electron chi connectivity index (χ2n) is 12.7. The van der Waals surface area contributed by atoms with Crippen molar-refractivity contribution in [1.82, 2.24) is 0 Å². The summed E-state index contributed by atoms with van der Waals surface area (Å²) in [6, 6.07) is 0. The zero-order valence-electron chi connectivity index (χ0n) is 39.5. The maximum atomic E-state index is 9.41. The third-order valence-corrected chi connectivity index (χ3v) is 7.97. The van der Waals surface area contributed by atoms with E-state index < -0.39 is 67.1 Å². The molecule has 0 amide bonds. The van der Waals surface area contributed by atoms with Crippen molar-refractivity contribution in [3.63, 3.8) is 0 Å². The fourth-order valence-corrected chi connectivity index (χ4v) is 3.98. The molecule has 13 N–H and O–H groups in total. The number of ether oxygens (including phenoxy) is 11. The minimum absolute atomic E-state index is 0. The molecular formula is C35H74O24W13. The van der Waals surface area contributed by atoms with Gasteiger partial charge in [-0.05, 0) is 0 Å². The van der Waals surface area contributed by atoms with Gasteiger partial charge in [-0.1, -0.05) is 0 Å². The summed E-state index contributed by atoms with van der Waals surface area (Å²) in [5.41, 5.74) is 0. The first-order valence-corrected chi connectivity index (χ1v) is 19.1. The van der Waals surface area contributed by atoms with E-state index in [4.69, 9.17) is 113 Å². The summed E-state index contributed by atoms with van der Waals surface area (Å²) in [6.07, 6.45) is -7.63. The van der Waals surface area contributed by atoms with E-state index in [1.165, 1.54) is 14.2 Å². The van der Waals surface area contributed by atoms with Crippen LogP contribution in [0.1, 0.15) is 0 Å². The Hall–Kier alpha value is 7.99. The number of hydrogen-bond donors (Lipinski definition) is 13. The fourth-order valence-electron chi connectivity index (χ4n) is 3.98. The first-order valence-electron chi connectivity index (χ1n) is 19.1. The number of rotatable bonds is 42. The van der Waals surface area contributed by atoms with Crippen LogP contribution < -0.4 is 0 Å². The molecule has 37 heteroatoms. The Kier molecular flexibility index (Phi) is 144. The Morgan fingerprint density at radius 2 is 0.292 bits per heavy atom. The van der Waals surface area contributed by atoms with Crippen molar-refractivity contribution in [2.75, 3.05) is 160 Å². The van der Waals surface area contributed by atoms with E-state index in [9.17, 15) is 5.11 Å². The molecule has 24 nitrogen and oxygen atoms in total. The molecule has 0 rings (SSSR count). The molecule has 0 radical (unpaired) electrons. The Bertz CT molecular complexity index is 848. The van der Waals surface area contributed by atoms with Gasteiger partial charge in [0.15, 0.2) is 0 Å². The summed E-state index contributed by atoms with van der Waals surface area (Å²) in [4.78, 5) is 0. The SMILES string of the molecule is COC(COC(CO)CO)COC(COC(CO)CO)COC(CO)CO.COC(COC(CO)COC(CO)CO)COC(COC(CO)CO)COC(CO)CO.[W].[W].[W].[W].[W].[W].[W].[W].[W].[W].[W].[W].[W]. The predicted molar refractivity (Wildman–Crippen MR) is 201 cm³/mol. The molecule has 3 atom stereocenters. The van der Waals surface area contributed by atoms with Crippen LogP contribution in [-0.4, -0.2) is 293 Å². The van der Waals surface area contributed by atoms with Gasteiger partial charge in [-0.25, -0.2) is 0 Å². The van der Waals surface area contributed by atoms with Gasteiger partial charge < -0.3 is 118 Å². The number of aliphatic hydroxyl groups excluding tert-OH is 13. The second kappa shape index (κ2) is 87.8. The molecule has 0 spiro atoms. The van der Waals surface area contributed by atoms with Gasteiger partial charge in [-0.3, -0.25) is 0 Å². The van der Waals surface area contributed by atoms with Gasteiger partial charge in [-0.2, -0.15) is 0 Å². The third kappa shape index (κ3) is 67.1. The van der Waals surface area contributed by atoms with Crippen LogP contribution >= 0.6 is 0 Å². The van der Waals surface area contributed by atoms with Crippen LogP contribution in [0, 0.1) is 0 Å². The summed E-state index contributed by atoms with van der Waals surface area (Å²) >= 11 is 0. The van der Waals surface area contributed by atoms with Gasteiger partial charge >= 0.3 is 0 Å². The monoisotopic (exact) mass is 3270 g/mol. The molecule has 72 heavy (non-hydrogen) atoms. The Morgan fingerprint density at radius 1 is 0.181 bits per heavy atom. The Morgan fingerprint density at radius 3 is 0.431 bits per heavy atom. The zero-order chi connectivity index (χ0) is 44.7. The first-order chi connectivity index (χ1) is 28.6. The van der Waals surface area contributed by atoms with Gasteiger partial charge in [0.05, 0.1) is 145 Å². The zero-order valence-corrected chi connectivity index (χ0v) is 77.7. The molecule has 0 aromatic heterocycles. The van der Waals surface area contributed by atoms with Crippen LogP contribution in [0.15, 0.2) is 0 Å². The largest absolute Gasteiger partial charge is 0.394 e. The predicted octanol–water partition coefficient (Wildman–Crippen LogP) is -7.66. The third-order valence-electron chi connectivity index (χ3n) is 7.97. The van der Waals surface area contributed by atoms with Crippen molar-refractivity contribution in [3.8, 4) is 0 Å². The Balaban J connectivity index is -0.0000000593. The van der Waals surface area contributed by atoms with Crippen LogP contribution in [0.5, 0.6) is 0 Å². The van der Waals surface area contributed by atoms with Gasteiger partial charge in [-0.15, -0.1) is 0 Å². The molecule has 0 saturated carbocycles. The summed E-state index contributed by atoms with van der Waals surface area (Å²) in [7, 11) is 2.89. The van der Waals surface area contributed by atoms with E-state index in [1.807, 2.05) is 0 Å². The molecule has 0 bridgehead atoms. The average molecular weight is 3270 g/mol. The van der Waals surface area contributed by atoms with Gasteiger partial charge in [0.1, 0.15) is 67.1 Å². The molecule has 0 aromatic carbocycles. The number of aliphatic hydroxyl groups is 13. The second-order valence-corrected chi connectivity index (χ2v) is 12.7. The number of methoxy groups -OCH3 is 2. The molecule has 3 unspecified atom stereocenters. The van der Waals surface area contributed by atoms with Crippen molar-refractivity contribution >= 4 is 0 Å². The van der Waals surface area contributed by atoms with Gasteiger partial charge in [0.2, 0.25) is 0 Å². The number of hydrogen-bond acceptors (Lipinski definition) is 24. The van der Waals surface area contributed by atoms with Crippen molar-refractivity contribution in [3.05, 3.63) is 0 Å². The molecule has 0 aliphatic heterocycles. The topological polar surface area (TPSA) is 365 Å². The smallest absolute Gasteiger partial charge is 0.104 e. The van der Waals surface area contributed by atoms with E-state index in [2.05, 4.69) is 0 Å². The van der Waals surface area contributed by atoms with E-state index in [1.54, 1.807) is 0 Å². The van der Waals surface area contributed by atoms with Crippen molar-refractivity contribution in [2.45, 2.75) is 67.1 Å². The van der Waals surface area contributed by atoms with E-state index in [-0.39, 0.29) is 419 Å². The minimum atomic E-state index is -0.791. The normalized spacial score (nSPS) is 11.4. The van der Waals surface area contributed by atoms with Crippen molar-refractivity contribution in [2.24, 2.45) is 0 Å². The van der Waals surface area contributed by atoms with Crippen LogP contribution in [0.2, 0.25) is 0 Å². The first kappa shape index (κ1) is 118. The molecule has 0 fully saturated rings. The summed E-state index contributed by atoms with van der Waals surface area (Å²) in [5.74, 6) is 0. The van der Waals surface area contributed by atoms with E-state index in [0.29, 0.717) is 0 Å². The molecule has 0 aliphatic carbocycles. The van der Waals surface area contributed by atoms with E-state index >= 15 is 0 Å². The molecular weight excluding hydrogens is 3190 g/mol. The van der Waals surface area contributed by atoms with E-state index in [0.717, 1.165) is 0 Å². The average Bonchev–Trinajstić information content (AvgIpc) is 3.27. The van der Waals surface area contributed by atoms with Crippen LogP contribution in [0.3, 0.4) is 0 Å². The molecule has 0 aliphatic rings. The van der Waals surface area contributed by atoms with Gasteiger partial charge in [0.25, 0.3) is 0 Å². The minimum Gasteiger partial charge on any atom is -0.394 e. The standard InChI is InChI=1S/C19H40O13.C16H34O11.13W/c1-27-18(10-31-17(8-26)9-28-14(2-20)3-21)11-32-19(12-29-15(4-22)5-23)13-30-16(6-24)7-25;1-23-15(8-24-12(2-17)3-18)9-27-16(10-25-13(4-19)5-20)11-26-14(6-21)7-22;;;;;;;;;;;;;/h14-26H,2-13H2,1H3;12-22H,2-11H2,1H3;;;;;;;;;;;;;. The fraction of sp³-hybridized carbons (Fsp3) is 1.00. The van der Waals surface area contributed by atoms with Crippen LogP contribution in [0.4, 0.5) is 0 Å². The molecule has 436 valence electrons. The summed E-state index contributed by atoms with van der Waals surface area (Å²) in [5, 5.41) is 118.